The van der Waals surface area contributed by atoms with E-state index in [1.54, 1.807) is 18.2 Å². The first-order valence-electron chi connectivity index (χ1n) is 6.78. The van der Waals surface area contributed by atoms with Gasteiger partial charge in [0.1, 0.15) is 4.90 Å². The summed E-state index contributed by atoms with van der Waals surface area (Å²) >= 11 is 6.16. The standard InChI is InChI=1S/C15H14ClNO4S/c1-21-22(19,20)14-7-3-2-5-10(14)15(18)13-9-11(16)12-6-4-8-17(12)13/h2-3,5,7,9H,4,6,8H2,1H3. The van der Waals surface area contributed by atoms with E-state index >= 15 is 0 Å². The molecule has 0 N–H and O–H groups in total. The molecule has 0 aliphatic carbocycles. The topological polar surface area (TPSA) is 65.4 Å². The first-order valence-corrected chi connectivity index (χ1v) is 8.56. The number of hydrogen-bond donors (Lipinski definition) is 0. The van der Waals surface area contributed by atoms with E-state index in [-0.39, 0.29) is 16.2 Å². The highest BCUT2D eigenvalue weighted by Gasteiger charge is 2.27. The first-order chi connectivity index (χ1) is 10.5. The number of hydrogen-bond acceptors (Lipinski definition) is 4. The monoisotopic (exact) mass is 339 g/mol. The molecule has 0 unspecified atom stereocenters. The average molecular weight is 340 g/mol. The molecule has 1 aliphatic rings. The Hall–Kier alpha value is -1.63. The molecule has 0 amide bonds. The van der Waals surface area contributed by atoms with Gasteiger partial charge in [0, 0.05) is 17.8 Å². The van der Waals surface area contributed by atoms with Crippen LogP contribution >= 0.6 is 11.6 Å². The molecule has 1 aromatic carbocycles. The molecule has 0 bridgehead atoms. The molecule has 0 saturated heterocycles. The van der Waals surface area contributed by atoms with Gasteiger partial charge in [-0.25, -0.2) is 0 Å². The molecular formula is C15H14ClNO4S. The van der Waals surface area contributed by atoms with Crippen LogP contribution in [0.15, 0.2) is 35.2 Å². The Kier molecular flexibility index (Phi) is 3.84. The maximum absolute atomic E-state index is 12.8. The Morgan fingerprint density at radius 2 is 2.05 bits per heavy atom. The molecule has 2 heterocycles. The molecule has 22 heavy (non-hydrogen) atoms. The van der Waals surface area contributed by atoms with E-state index in [1.807, 2.05) is 4.57 Å². The fourth-order valence-electron chi connectivity index (χ4n) is 2.76. The number of nitrogens with zero attached hydrogens (tertiary/aromatic N) is 1. The van der Waals surface area contributed by atoms with E-state index in [0.717, 1.165) is 25.6 Å². The highest BCUT2D eigenvalue weighted by Crippen LogP contribution is 2.30. The van der Waals surface area contributed by atoms with Crippen LogP contribution in [0.4, 0.5) is 0 Å². The molecule has 0 fully saturated rings. The Balaban J connectivity index is 2.14. The second-order valence-corrected chi connectivity index (χ2v) is 7.11. The average Bonchev–Trinajstić information content (AvgIpc) is 3.11. The highest BCUT2D eigenvalue weighted by atomic mass is 35.5. The van der Waals surface area contributed by atoms with Crippen LogP contribution in [0.1, 0.15) is 28.2 Å². The van der Waals surface area contributed by atoms with E-state index in [4.69, 9.17) is 11.6 Å². The lowest BCUT2D eigenvalue weighted by atomic mass is 10.1. The molecule has 1 aromatic heterocycles. The lowest BCUT2D eigenvalue weighted by molar-refractivity contribution is 0.102. The second-order valence-electron chi connectivity index (χ2n) is 5.03. The minimum absolute atomic E-state index is 0.0909. The van der Waals surface area contributed by atoms with Crippen LogP contribution in [0.5, 0.6) is 0 Å². The third-order valence-electron chi connectivity index (χ3n) is 3.80. The molecule has 0 saturated carbocycles. The van der Waals surface area contributed by atoms with Crippen molar-refractivity contribution >= 4 is 27.5 Å². The first kappa shape index (κ1) is 15.3. The van der Waals surface area contributed by atoms with Gasteiger partial charge in [-0.3, -0.25) is 8.98 Å². The minimum Gasteiger partial charge on any atom is -0.340 e. The Labute approximate surface area is 133 Å². The van der Waals surface area contributed by atoms with Crippen LogP contribution in [0.25, 0.3) is 0 Å². The van der Waals surface area contributed by atoms with Crippen LogP contribution in [0, 0.1) is 0 Å². The van der Waals surface area contributed by atoms with E-state index in [0.29, 0.717) is 17.3 Å². The third kappa shape index (κ3) is 2.37. The maximum Gasteiger partial charge on any atom is 0.297 e. The lowest BCUT2D eigenvalue weighted by Crippen LogP contribution is -2.14. The molecule has 7 heteroatoms. The summed E-state index contributed by atoms with van der Waals surface area (Å²) in [6, 6.07) is 7.63. The van der Waals surface area contributed by atoms with Crippen LogP contribution in [0.3, 0.4) is 0 Å². The van der Waals surface area contributed by atoms with Crippen molar-refractivity contribution in [1.29, 1.82) is 0 Å². The van der Waals surface area contributed by atoms with Gasteiger partial charge >= 0.3 is 0 Å². The summed E-state index contributed by atoms with van der Waals surface area (Å²) in [6.07, 6.45) is 1.75. The molecule has 1 aliphatic heterocycles. The fraction of sp³-hybridized carbons (Fsp3) is 0.267. The number of benzene rings is 1. The van der Waals surface area contributed by atoms with Gasteiger partial charge in [0.15, 0.2) is 0 Å². The summed E-state index contributed by atoms with van der Waals surface area (Å²) in [5.74, 6) is -0.369. The predicted molar refractivity (Wildman–Crippen MR) is 81.8 cm³/mol. The smallest absolute Gasteiger partial charge is 0.297 e. The van der Waals surface area contributed by atoms with Gasteiger partial charge in [-0.2, -0.15) is 8.42 Å². The summed E-state index contributed by atoms with van der Waals surface area (Å²) in [6.45, 7) is 0.711. The van der Waals surface area contributed by atoms with Crippen molar-refractivity contribution in [3.05, 3.63) is 52.3 Å². The van der Waals surface area contributed by atoms with Gasteiger partial charge < -0.3 is 4.57 Å². The van der Waals surface area contributed by atoms with Gasteiger partial charge in [0.2, 0.25) is 5.78 Å². The number of halogens is 1. The van der Waals surface area contributed by atoms with Crippen LogP contribution in [-0.4, -0.2) is 25.9 Å². The van der Waals surface area contributed by atoms with Gasteiger partial charge in [0.05, 0.1) is 17.8 Å². The number of carbonyl (C=O) groups is 1. The zero-order valence-electron chi connectivity index (χ0n) is 11.9. The quantitative estimate of drug-likeness (QED) is 0.634. The zero-order chi connectivity index (χ0) is 15.9. The summed E-state index contributed by atoms with van der Waals surface area (Å²) in [4.78, 5) is 12.7. The predicted octanol–water partition coefficient (Wildman–Crippen LogP) is 2.65. The Morgan fingerprint density at radius 1 is 1.32 bits per heavy atom. The van der Waals surface area contributed by atoms with E-state index in [2.05, 4.69) is 4.18 Å². The van der Waals surface area contributed by atoms with Crippen molar-refractivity contribution in [3.8, 4) is 0 Å². The number of ketones is 1. The van der Waals surface area contributed by atoms with Crippen molar-refractivity contribution in [2.24, 2.45) is 0 Å². The minimum atomic E-state index is -3.95. The van der Waals surface area contributed by atoms with Crippen molar-refractivity contribution < 1.29 is 17.4 Å². The summed E-state index contributed by atoms with van der Waals surface area (Å²) in [5, 5.41) is 0.549. The Morgan fingerprint density at radius 3 is 2.77 bits per heavy atom. The molecule has 5 nitrogen and oxygen atoms in total. The summed E-state index contributed by atoms with van der Waals surface area (Å²) in [5.41, 5.74) is 1.43. The van der Waals surface area contributed by atoms with Crippen LogP contribution in [0.2, 0.25) is 5.02 Å². The van der Waals surface area contributed by atoms with Crippen molar-refractivity contribution in [1.82, 2.24) is 4.57 Å². The second kappa shape index (κ2) is 5.53. The van der Waals surface area contributed by atoms with E-state index < -0.39 is 10.1 Å². The van der Waals surface area contributed by atoms with Crippen molar-refractivity contribution in [2.45, 2.75) is 24.3 Å². The molecule has 3 rings (SSSR count). The van der Waals surface area contributed by atoms with Crippen molar-refractivity contribution in [2.75, 3.05) is 7.11 Å². The summed E-state index contributed by atoms with van der Waals surface area (Å²) in [7, 11) is -2.88. The SMILES string of the molecule is COS(=O)(=O)c1ccccc1C(=O)c1cc(Cl)c2n1CCC2. The maximum atomic E-state index is 12.8. The molecule has 0 atom stereocenters. The number of rotatable bonds is 4. The third-order valence-corrected chi connectivity index (χ3v) is 5.46. The van der Waals surface area contributed by atoms with Gasteiger partial charge in [-0.1, -0.05) is 23.7 Å². The number of fused-ring (bicyclic) bond motifs is 1. The number of aromatic nitrogens is 1. The van der Waals surface area contributed by atoms with Crippen molar-refractivity contribution in [3.63, 3.8) is 0 Å². The number of carbonyl (C=O) groups excluding carboxylic acids is 1. The normalized spacial score (nSPS) is 14.1. The van der Waals surface area contributed by atoms with Gasteiger partial charge in [-0.15, -0.1) is 0 Å². The van der Waals surface area contributed by atoms with Gasteiger partial charge in [0.25, 0.3) is 10.1 Å². The fourth-order valence-corrected chi connectivity index (χ4v) is 3.91. The molecule has 116 valence electrons. The molecule has 0 spiro atoms. The highest BCUT2D eigenvalue weighted by molar-refractivity contribution is 7.86. The lowest BCUT2D eigenvalue weighted by Gasteiger charge is -2.09. The molecular weight excluding hydrogens is 326 g/mol. The molecule has 2 aromatic rings. The largest absolute Gasteiger partial charge is 0.340 e. The van der Waals surface area contributed by atoms with E-state index in [9.17, 15) is 13.2 Å². The Bertz CT molecular complexity index is 854. The van der Waals surface area contributed by atoms with Crippen LogP contribution < -0.4 is 0 Å². The zero-order valence-corrected chi connectivity index (χ0v) is 13.4. The van der Waals surface area contributed by atoms with Gasteiger partial charge in [-0.05, 0) is 31.0 Å². The summed E-state index contributed by atoms with van der Waals surface area (Å²) < 4.78 is 30.4. The molecule has 0 radical (unpaired) electrons. The van der Waals surface area contributed by atoms with Crippen LogP contribution in [-0.2, 0) is 27.3 Å². The van der Waals surface area contributed by atoms with E-state index in [1.165, 1.54) is 12.1 Å².